The number of amides is 3. The van der Waals surface area contributed by atoms with E-state index in [-0.39, 0.29) is 29.8 Å². The Morgan fingerprint density at radius 1 is 1.09 bits per heavy atom. The van der Waals surface area contributed by atoms with Crippen LogP contribution >= 0.6 is 0 Å². The van der Waals surface area contributed by atoms with Gasteiger partial charge in [0.15, 0.2) is 0 Å². The van der Waals surface area contributed by atoms with Crippen molar-refractivity contribution in [2.75, 3.05) is 5.32 Å². The second kappa shape index (κ2) is 7.17. The van der Waals surface area contributed by atoms with Crippen LogP contribution in [0.1, 0.15) is 44.1 Å². The summed E-state index contributed by atoms with van der Waals surface area (Å²) in [4.78, 5) is 42.3. The van der Waals surface area contributed by atoms with Crippen molar-refractivity contribution < 1.29 is 19.1 Å². The van der Waals surface area contributed by atoms with Crippen LogP contribution in [0.15, 0.2) is 36.4 Å². The Hall–Kier alpha value is -2.67. The highest BCUT2D eigenvalue weighted by atomic mass is 16.5. The molecule has 4 fully saturated rings. The number of nitrogens with one attached hydrogen (secondary N) is 2. The van der Waals surface area contributed by atoms with Gasteiger partial charge in [0.2, 0.25) is 17.7 Å². The highest BCUT2D eigenvalue weighted by Gasteiger charge is 2.74. The summed E-state index contributed by atoms with van der Waals surface area (Å²) >= 11 is 0. The summed E-state index contributed by atoms with van der Waals surface area (Å²) in [6.07, 6.45) is 9.26. The van der Waals surface area contributed by atoms with Gasteiger partial charge in [0, 0.05) is 17.8 Å². The van der Waals surface area contributed by atoms with Gasteiger partial charge in [0.25, 0.3) is 0 Å². The van der Waals surface area contributed by atoms with Gasteiger partial charge in [-0.3, -0.25) is 14.4 Å². The predicted molar refractivity (Wildman–Crippen MR) is 118 cm³/mol. The fourth-order valence-corrected chi connectivity index (χ4v) is 6.23. The summed E-state index contributed by atoms with van der Waals surface area (Å²) in [6.45, 7) is 1.94. The van der Waals surface area contributed by atoms with Gasteiger partial charge in [0.05, 0.1) is 17.9 Å². The lowest BCUT2D eigenvalue weighted by Gasteiger charge is -2.33. The van der Waals surface area contributed by atoms with Gasteiger partial charge < -0.3 is 20.3 Å². The fraction of sp³-hybridized carbons (Fsp3) is 0.560. The number of anilines is 1. The highest BCUT2D eigenvalue weighted by molar-refractivity contribution is 6.03. The average Bonchev–Trinajstić information content (AvgIpc) is 3.12. The molecular formula is C25H29N3O4. The quantitative estimate of drug-likeness (QED) is 0.695. The van der Waals surface area contributed by atoms with Gasteiger partial charge >= 0.3 is 0 Å². The molecule has 7 heteroatoms. The molecule has 1 aromatic carbocycles. The van der Waals surface area contributed by atoms with Gasteiger partial charge in [-0.2, -0.15) is 0 Å². The van der Waals surface area contributed by atoms with Crippen LogP contribution in [0.5, 0.6) is 0 Å². The van der Waals surface area contributed by atoms with E-state index in [1.807, 2.05) is 43.3 Å². The first-order chi connectivity index (χ1) is 15.5. The minimum atomic E-state index is -1.05. The molecule has 0 radical (unpaired) electrons. The Balaban J connectivity index is 1.31. The van der Waals surface area contributed by atoms with Crippen LogP contribution < -0.4 is 10.6 Å². The summed E-state index contributed by atoms with van der Waals surface area (Å²) in [5.74, 6) is -1.78. The largest absolute Gasteiger partial charge is 0.359 e. The minimum Gasteiger partial charge on any atom is -0.359 e. The second-order valence-corrected chi connectivity index (χ2v) is 9.97. The van der Waals surface area contributed by atoms with E-state index in [0.717, 1.165) is 49.8 Å². The Bertz CT molecular complexity index is 1010. The van der Waals surface area contributed by atoms with E-state index in [4.69, 9.17) is 4.74 Å². The van der Waals surface area contributed by atoms with Crippen molar-refractivity contribution in [2.45, 2.75) is 75.3 Å². The summed E-state index contributed by atoms with van der Waals surface area (Å²) in [5, 5.41) is 6.19. The summed E-state index contributed by atoms with van der Waals surface area (Å²) in [7, 11) is 0. The maximum atomic E-state index is 13.7. The first-order valence-corrected chi connectivity index (χ1v) is 11.9. The molecule has 5 atom stereocenters. The molecule has 1 aromatic rings. The maximum absolute atomic E-state index is 13.7. The molecule has 2 saturated carbocycles. The van der Waals surface area contributed by atoms with Gasteiger partial charge in [0.1, 0.15) is 11.6 Å². The second-order valence-electron chi connectivity index (χ2n) is 9.97. The molecule has 3 aliphatic heterocycles. The number of aryl methyl sites for hydroxylation is 1. The van der Waals surface area contributed by atoms with E-state index in [1.165, 1.54) is 0 Å². The van der Waals surface area contributed by atoms with E-state index < -0.39 is 29.6 Å². The van der Waals surface area contributed by atoms with Crippen molar-refractivity contribution in [1.82, 2.24) is 10.2 Å². The number of para-hydroxylation sites is 1. The van der Waals surface area contributed by atoms with Crippen LogP contribution in [-0.2, 0) is 19.1 Å². The third-order valence-corrected chi connectivity index (χ3v) is 7.91. The van der Waals surface area contributed by atoms with Gasteiger partial charge in [-0.05, 0) is 44.2 Å². The molecule has 5 aliphatic rings. The van der Waals surface area contributed by atoms with Crippen molar-refractivity contribution in [2.24, 2.45) is 11.8 Å². The molecule has 32 heavy (non-hydrogen) atoms. The lowest BCUT2D eigenvalue weighted by atomic mass is 9.74. The highest BCUT2D eigenvalue weighted by Crippen LogP contribution is 2.57. The molecule has 2 aliphatic carbocycles. The van der Waals surface area contributed by atoms with Gasteiger partial charge in [-0.15, -0.1) is 0 Å². The summed E-state index contributed by atoms with van der Waals surface area (Å²) in [6, 6.07) is 7.12. The summed E-state index contributed by atoms with van der Waals surface area (Å²) < 4.78 is 6.37. The fourth-order valence-electron chi connectivity index (χ4n) is 6.23. The van der Waals surface area contributed by atoms with E-state index in [1.54, 1.807) is 4.90 Å². The molecule has 0 unspecified atom stereocenters. The first-order valence-electron chi connectivity index (χ1n) is 11.9. The number of ether oxygens (including phenoxy) is 1. The van der Waals surface area contributed by atoms with Gasteiger partial charge in [-0.1, -0.05) is 43.2 Å². The molecule has 3 heterocycles. The van der Waals surface area contributed by atoms with Crippen LogP contribution in [0.4, 0.5) is 5.69 Å². The monoisotopic (exact) mass is 435 g/mol. The number of benzene rings is 1. The summed E-state index contributed by atoms with van der Waals surface area (Å²) in [5.41, 5.74) is 0.639. The first kappa shape index (κ1) is 20.0. The van der Waals surface area contributed by atoms with Crippen LogP contribution in [0, 0.1) is 18.8 Å². The molecule has 0 aromatic heterocycles. The minimum absolute atomic E-state index is 0.0675. The normalized spacial score (nSPS) is 35.4. The molecule has 2 N–H and O–H groups in total. The number of carbonyl (C=O) groups is 3. The molecule has 2 saturated heterocycles. The van der Waals surface area contributed by atoms with Crippen LogP contribution in [0.2, 0.25) is 0 Å². The predicted octanol–water partition coefficient (Wildman–Crippen LogP) is 2.31. The molecule has 3 amide bonds. The van der Waals surface area contributed by atoms with E-state index in [0.29, 0.717) is 0 Å². The number of likely N-dealkylation sites (tertiary alicyclic amines) is 1. The van der Waals surface area contributed by atoms with E-state index in [9.17, 15) is 14.4 Å². The Morgan fingerprint density at radius 3 is 2.56 bits per heavy atom. The maximum Gasteiger partial charge on any atom is 0.246 e. The van der Waals surface area contributed by atoms with Crippen LogP contribution in [-0.4, -0.2) is 52.5 Å². The smallest absolute Gasteiger partial charge is 0.246 e. The molecule has 7 nitrogen and oxygen atoms in total. The van der Waals surface area contributed by atoms with Crippen molar-refractivity contribution in [3.63, 3.8) is 0 Å². The topological polar surface area (TPSA) is 87.7 Å². The number of hydrogen-bond acceptors (Lipinski definition) is 4. The number of fused-ring (bicyclic) bond motifs is 1. The van der Waals surface area contributed by atoms with Crippen molar-refractivity contribution in [1.29, 1.82) is 0 Å². The SMILES string of the molecule is Cc1ccccc1NC(=O)[C@H]1[C@H]2C(=O)N(C3CC3)[C@H](C(=O)NC3CCCC3)[C@@]23C=C[C@H]1O3. The number of rotatable bonds is 5. The van der Waals surface area contributed by atoms with Crippen molar-refractivity contribution in [3.8, 4) is 0 Å². The van der Waals surface area contributed by atoms with Crippen molar-refractivity contribution in [3.05, 3.63) is 42.0 Å². The Labute approximate surface area is 187 Å². The molecule has 6 rings (SSSR count). The lowest BCUT2D eigenvalue weighted by molar-refractivity contribution is -0.142. The zero-order valence-corrected chi connectivity index (χ0v) is 18.3. The molecule has 1 spiro atoms. The number of carbonyl (C=O) groups excluding carboxylic acids is 3. The standard InChI is InChI=1S/C25H29N3O4/c1-14-6-2-5-9-17(14)27-22(29)19-18-12-13-25(32-18)20(19)24(31)28(16-10-11-16)21(25)23(30)26-15-7-3-4-8-15/h2,5-6,9,12-13,15-16,18-21H,3-4,7-8,10-11H2,1H3,(H,26,30)(H,27,29)/t18-,19-,20+,21-,25-/m1/s1. The third-order valence-electron chi connectivity index (χ3n) is 7.91. The van der Waals surface area contributed by atoms with Crippen molar-refractivity contribution >= 4 is 23.4 Å². The molecule has 168 valence electrons. The lowest BCUT2D eigenvalue weighted by Crippen LogP contribution is -2.56. The number of nitrogens with zero attached hydrogens (tertiary/aromatic N) is 1. The third kappa shape index (κ3) is 2.86. The van der Waals surface area contributed by atoms with E-state index >= 15 is 0 Å². The Morgan fingerprint density at radius 2 is 1.84 bits per heavy atom. The van der Waals surface area contributed by atoms with Gasteiger partial charge in [-0.25, -0.2) is 0 Å². The molecule has 2 bridgehead atoms. The zero-order valence-electron chi connectivity index (χ0n) is 18.3. The Kier molecular flexibility index (Phi) is 4.47. The average molecular weight is 436 g/mol. The van der Waals surface area contributed by atoms with Crippen LogP contribution in [0.25, 0.3) is 0 Å². The zero-order chi connectivity index (χ0) is 22.0. The van der Waals surface area contributed by atoms with E-state index in [2.05, 4.69) is 10.6 Å². The van der Waals surface area contributed by atoms with Crippen LogP contribution in [0.3, 0.4) is 0 Å². The molecular weight excluding hydrogens is 406 g/mol. The number of hydrogen-bond donors (Lipinski definition) is 2.